The van der Waals surface area contributed by atoms with Gasteiger partial charge < -0.3 is 5.11 Å². The Bertz CT molecular complexity index is 605. The fourth-order valence-corrected chi connectivity index (χ4v) is 2.74. The molecule has 2 rings (SSSR count). The van der Waals surface area contributed by atoms with Crippen LogP contribution in [0.1, 0.15) is 39.5 Å². The van der Waals surface area contributed by atoms with Gasteiger partial charge in [-0.25, -0.2) is 4.39 Å². The molecule has 0 radical (unpaired) electrons. The van der Waals surface area contributed by atoms with Crippen LogP contribution in [0.2, 0.25) is 0 Å². The Balaban J connectivity index is 2.37. The standard InChI is InChI=1S/C18H21FO/c1-11-8-12(2)14(4)18(13(11)3)17(20)10-15-6-5-7-16(19)9-15/h5-9,17,20H,10H2,1-4H3. The van der Waals surface area contributed by atoms with Crippen LogP contribution in [0.4, 0.5) is 4.39 Å². The van der Waals surface area contributed by atoms with Crippen LogP contribution in [0.15, 0.2) is 30.3 Å². The van der Waals surface area contributed by atoms with Crippen molar-refractivity contribution < 1.29 is 9.50 Å². The Labute approximate surface area is 120 Å². The minimum absolute atomic E-state index is 0.261. The van der Waals surface area contributed by atoms with E-state index in [0.717, 1.165) is 22.3 Å². The molecule has 0 amide bonds. The maximum absolute atomic E-state index is 13.2. The molecule has 2 heteroatoms. The Morgan fingerprint density at radius 2 is 1.60 bits per heavy atom. The van der Waals surface area contributed by atoms with Crippen LogP contribution in [0.25, 0.3) is 0 Å². The summed E-state index contributed by atoms with van der Waals surface area (Å²) >= 11 is 0. The molecule has 0 spiro atoms. The summed E-state index contributed by atoms with van der Waals surface area (Å²) in [5, 5.41) is 10.6. The summed E-state index contributed by atoms with van der Waals surface area (Å²) in [6.07, 6.45) is -0.169. The number of aliphatic hydroxyl groups is 1. The van der Waals surface area contributed by atoms with Gasteiger partial charge in [0.1, 0.15) is 5.82 Å². The predicted octanol–water partition coefficient (Wildman–Crippen LogP) is 4.34. The lowest BCUT2D eigenvalue weighted by molar-refractivity contribution is 0.176. The third kappa shape index (κ3) is 2.91. The van der Waals surface area contributed by atoms with Crippen molar-refractivity contribution in [2.45, 2.75) is 40.2 Å². The van der Waals surface area contributed by atoms with Gasteiger partial charge in [0.05, 0.1) is 6.10 Å². The van der Waals surface area contributed by atoms with Crippen LogP contribution in [0.3, 0.4) is 0 Å². The molecule has 0 aliphatic carbocycles. The zero-order valence-corrected chi connectivity index (χ0v) is 12.5. The minimum Gasteiger partial charge on any atom is -0.388 e. The highest BCUT2D eigenvalue weighted by atomic mass is 19.1. The molecule has 20 heavy (non-hydrogen) atoms. The minimum atomic E-state index is -0.601. The van der Waals surface area contributed by atoms with Crippen LogP contribution in [-0.4, -0.2) is 5.11 Å². The molecule has 0 saturated carbocycles. The molecule has 2 aromatic rings. The molecule has 106 valence electrons. The van der Waals surface area contributed by atoms with Crippen LogP contribution in [0, 0.1) is 33.5 Å². The highest BCUT2D eigenvalue weighted by Gasteiger charge is 2.17. The zero-order valence-electron chi connectivity index (χ0n) is 12.5. The van der Waals surface area contributed by atoms with Gasteiger partial charge in [-0.05, 0) is 73.2 Å². The first-order valence-corrected chi connectivity index (χ1v) is 6.90. The van der Waals surface area contributed by atoms with E-state index in [0.29, 0.717) is 6.42 Å². The number of aryl methyl sites for hydroxylation is 2. The van der Waals surface area contributed by atoms with E-state index in [-0.39, 0.29) is 5.82 Å². The molecule has 1 nitrogen and oxygen atoms in total. The van der Waals surface area contributed by atoms with Gasteiger partial charge in [-0.3, -0.25) is 0 Å². The molecule has 0 aliphatic heterocycles. The average molecular weight is 272 g/mol. The number of aliphatic hydroxyl groups excluding tert-OH is 1. The van der Waals surface area contributed by atoms with E-state index in [2.05, 4.69) is 19.9 Å². The maximum Gasteiger partial charge on any atom is 0.123 e. The molecule has 0 bridgehead atoms. The first-order chi connectivity index (χ1) is 9.40. The highest BCUT2D eigenvalue weighted by Crippen LogP contribution is 2.29. The van der Waals surface area contributed by atoms with Crippen LogP contribution >= 0.6 is 0 Å². The monoisotopic (exact) mass is 272 g/mol. The number of hydrogen-bond donors (Lipinski definition) is 1. The molecule has 1 N–H and O–H groups in total. The molecule has 0 aliphatic rings. The lowest BCUT2D eigenvalue weighted by Gasteiger charge is -2.20. The second-order valence-electron chi connectivity index (χ2n) is 5.52. The molecule has 0 fully saturated rings. The summed E-state index contributed by atoms with van der Waals surface area (Å²) in [5.41, 5.74) is 6.40. The van der Waals surface area contributed by atoms with Crippen LogP contribution < -0.4 is 0 Å². The normalized spacial score (nSPS) is 12.5. The molecular weight excluding hydrogens is 251 g/mol. The van der Waals surface area contributed by atoms with Crippen molar-refractivity contribution in [2.24, 2.45) is 0 Å². The Morgan fingerprint density at radius 1 is 1.00 bits per heavy atom. The van der Waals surface area contributed by atoms with Gasteiger partial charge in [-0.1, -0.05) is 18.2 Å². The van der Waals surface area contributed by atoms with Gasteiger partial charge in [-0.2, -0.15) is 0 Å². The average Bonchev–Trinajstić information content (AvgIpc) is 2.36. The summed E-state index contributed by atoms with van der Waals surface area (Å²) in [7, 11) is 0. The van der Waals surface area contributed by atoms with E-state index in [1.54, 1.807) is 6.07 Å². The highest BCUT2D eigenvalue weighted by molar-refractivity contribution is 5.45. The second kappa shape index (κ2) is 5.76. The summed E-state index contributed by atoms with van der Waals surface area (Å²) in [6.45, 7) is 8.18. The first kappa shape index (κ1) is 14.7. The second-order valence-corrected chi connectivity index (χ2v) is 5.52. The fourth-order valence-electron chi connectivity index (χ4n) is 2.74. The van der Waals surface area contributed by atoms with Gasteiger partial charge in [0.2, 0.25) is 0 Å². The van der Waals surface area contributed by atoms with Crippen molar-refractivity contribution in [3.63, 3.8) is 0 Å². The summed E-state index contributed by atoms with van der Waals surface area (Å²) in [4.78, 5) is 0. The topological polar surface area (TPSA) is 20.2 Å². The van der Waals surface area contributed by atoms with E-state index in [1.807, 2.05) is 19.9 Å². The van der Waals surface area contributed by atoms with Crippen LogP contribution in [0.5, 0.6) is 0 Å². The largest absolute Gasteiger partial charge is 0.388 e. The van der Waals surface area contributed by atoms with E-state index in [1.165, 1.54) is 23.3 Å². The number of hydrogen-bond acceptors (Lipinski definition) is 1. The van der Waals surface area contributed by atoms with E-state index < -0.39 is 6.10 Å². The number of rotatable bonds is 3. The maximum atomic E-state index is 13.2. The fraction of sp³-hybridized carbons (Fsp3) is 0.333. The Hall–Kier alpha value is -1.67. The summed E-state index contributed by atoms with van der Waals surface area (Å²) < 4.78 is 13.2. The third-order valence-electron chi connectivity index (χ3n) is 4.08. The first-order valence-electron chi connectivity index (χ1n) is 6.90. The van der Waals surface area contributed by atoms with Crippen molar-refractivity contribution in [1.29, 1.82) is 0 Å². The SMILES string of the molecule is Cc1cc(C)c(C)c(C(O)Cc2cccc(F)c2)c1C. The lowest BCUT2D eigenvalue weighted by atomic mass is 9.88. The van der Waals surface area contributed by atoms with Crippen LogP contribution in [-0.2, 0) is 6.42 Å². The van der Waals surface area contributed by atoms with Crippen molar-refractivity contribution in [3.05, 3.63) is 69.5 Å². The molecule has 0 heterocycles. The van der Waals surface area contributed by atoms with Crippen molar-refractivity contribution in [2.75, 3.05) is 0 Å². The van der Waals surface area contributed by atoms with Crippen molar-refractivity contribution in [1.82, 2.24) is 0 Å². The molecule has 0 saturated heterocycles. The third-order valence-corrected chi connectivity index (χ3v) is 4.08. The van der Waals surface area contributed by atoms with Gasteiger partial charge >= 0.3 is 0 Å². The zero-order chi connectivity index (χ0) is 14.9. The van der Waals surface area contributed by atoms with Crippen molar-refractivity contribution in [3.8, 4) is 0 Å². The van der Waals surface area contributed by atoms with E-state index in [4.69, 9.17) is 0 Å². The molecule has 1 atom stereocenters. The van der Waals surface area contributed by atoms with E-state index >= 15 is 0 Å². The van der Waals surface area contributed by atoms with E-state index in [9.17, 15) is 9.50 Å². The van der Waals surface area contributed by atoms with Crippen molar-refractivity contribution >= 4 is 0 Å². The Kier molecular flexibility index (Phi) is 4.24. The van der Waals surface area contributed by atoms with Gasteiger partial charge in [0, 0.05) is 6.42 Å². The smallest absolute Gasteiger partial charge is 0.123 e. The van der Waals surface area contributed by atoms with Gasteiger partial charge in [-0.15, -0.1) is 0 Å². The molecule has 0 aromatic heterocycles. The number of benzene rings is 2. The Morgan fingerprint density at radius 3 is 2.15 bits per heavy atom. The lowest BCUT2D eigenvalue weighted by Crippen LogP contribution is -2.08. The molecule has 2 aromatic carbocycles. The van der Waals surface area contributed by atoms with Gasteiger partial charge in [0.25, 0.3) is 0 Å². The summed E-state index contributed by atoms with van der Waals surface area (Å²) in [6, 6.07) is 8.57. The quantitative estimate of drug-likeness (QED) is 0.881. The predicted molar refractivity (Wildman–Crippen MR) is 80.5 cm³/mol. The summed E-state index contributed by atoms with van der Waals surface area (Å²) in [5.74, 6) is -0.261. The molecular formula is C18H21FO. The number of halogens is 1. The van der Waals surface area contributed by atoms with Gasteiger partial charge in [0.15, 0.2) is 0 Å². The molecule has 1 unspecified atom stereocenters.